The Bertz CT molecular complexity index is 766. The summed E-state index contributed by atoms with van der Waals surface area (Å²) in [5.74, 6) is 0.644. The Kier molecular flexibility index (Phi) is 3.55. The predicted octanol–water partition coefficient (Wildman–Crippen LogP) is -0.404. The summed E-state index contributed by atoms with van der Waals surface area (Å²) < 4.78 is 21.2. The average Bonchev–Trinajstić information content (AvgIpc) is 3.28. The summed E-state index contributed by atoms with van der Waals surface area (Å²) in [7, 11) is 1.91. The van der Waals surface area contributed by atoms with Crippen LogP contribution in [-0.4, -0.2) is 67.8 Å². The zero-order valence-electron chi connectivity index (χ0n) is 13.1. The van der Waals surface area contributed by atoms with Gasteiger partial charge >= 0.3 is 0 Å². The Morgan fingerprint density at radius 2 is 2.21 bits per heavy atom. The quantitative estimate of drug-likeness (QED) is 0.688. The molecule has 1 aliphatic heterocycles. The largest absolute Gasteiger partial charge is 0.394 e. The van der Waals surface area contributed by atoms with Gasteiger partial charge in [0.1, 0.15) is 12.2 Å². The van der Waals surface area contributed by atoms with Gasteiger partial charge in [0.25, 0.3) is 0 Å². The van der Waals surface area contributed by atoms with Gasteiger partial charge in [0.2, 0.25) is 5.95 Å². The summed E-state index contributed by atoms with van der Waals surface area (Å²) in [5.41, 5.74) is 6.64. The van der Waals surface area contributed by atoms with Crippen LogP contribution in [0, 0.1) is 0 Å². The molecular formula is C14H19FN6O3. The fourth-order valence-corrected chi connectivity index (χ4v) is 3.06. The van der Waals surface area contributed by atoms with Gasteiger partial charge < -0.3 is 25.6 Å². The third kappa shape index (κ3) is 2.29. The molecule has 2 aromatic heterocycles. The second-order valence-corrected chi connectivity index (χ2v) is 6.25. The first-order valence-electron chi connectivity index (χ1n) is 7.82. The van der Waals surface area contributed by atoms with Gasteiger partial charge in [-0.1, -0.05) is 0 Å². The normalized spacial score (nSPS) is 30.2. The van der Waals surface area contributed by atoms with E-state index in [1.165, 1.54) is 10.9 Å². The van der Waals surface area contributed by atoms with E-state index in [2.05, 4.69) is 15.0 Å². The number of aliphatic hydroxyl groups excluding tert-OH is 2. The molecule has 0 radical (unpaired) electrons. The SMILES string of the molecule is CN(c1nc(N)nc2c1ncn2[C@@H]1O[C@H](CO)[C@@H](O)[C@H]1F)C1CC1. The van der Waals surface area contributed by atoms with E-state index in [4.69, 9.17) is 10.5 Å². The molecule has 0 spiro atoms. The molecule has 9 nitrogen and oxygen atoms in total. The third-order valence-corrected chi connectivity index (χ3v) is 4.60. The van der Waals surface area contributed by atoms with E-state index < -0.39 is 31.2 Å². The highest BCUT2D eigenvalue weighted by atomic mass is 19.1. The Hall–Kier alpha value is -2.04. The lowest BCUT2D eigenvalue weighted by molar-refractivity contribution is -0.0459. The van der Waals surface area contributed by atoms with Gasteiger partial charge in [-0.3, -0.25) is 4.57 Å². The molecule has 24 heavy (non-hydrogen) atoms. The lowest BCUT2D eigenvalue weighted by atomic mass is 10.1. The van der Waals surface area contributed by atoms with Gasteiger partial charge in [-0.25, -0.2) is 9.37 Å². The molecule has 1 saturated heterocycles. The number of fused-ring (bicyclic) bond motifs is 1. The van der Waals surface area contributed by atoms with Crippen LogP contribution in [0.15, 0.2) is 6.33 Å². The highest BCUT2D eigenvalue weighted by Gasteiger charge is 2.45. The summed E-state index contributed by atoms with van der Waals surface area (Å²) >= 11 is 0. The Labute approximate surface area is 136 Å². The number of ether oxygens (including phenoxy) is 1. The first kappa shape index (κ1) is 15.5. The standard InChI is InChI=1S/C14H19FN6O3/c1-20(6-2-3-6)11-9-12(19-14(16)18-11)21(5-17-9)13-8(15)10(23)7(4-22)24-13/h5-8,10,13,22-23H,2-4H2,1H3,(H2,16,18,19)/t7-,8-,10-,13-/m1/s1. The average molecular weight is 338 g/mol. The van der Waals surface area contributed by atoms with E-state index in [-0.39, 0.29) is 5.95 Å². The number of nitrogens with zero attached hydrogens (tertiary/aromatic N) is 5. The number of nitrogens with two attached hydrogens (primary N) is 1. The van der Waals surface area contributed by atoms with Gasteiger partial charge in [-0.2, -0.15) is 9.97 Å². The molecule has 0 unspecified atom stereocenters. The molecule has 1 saturated carbocycles. The monoisotopic (exact) mass is 338 g/mol. The Morgan fingerprint density at radius 1 is 1.46 bits per heavy atom. The van der Waals surface area contributed by atoms with Crippen molar-refractivity contribution in [2.75, 3.05) is 24.3 Å². The Balaban J connectivity index is 1.78. The van der Waals surface area contributed by atoms with Crippen molar-refractivity contribution in [2.24, 2.45) is 0 Å². The number of alkyl halides is 1. The smallest absolute Gasteiger partial charge is 0.224 e. The fourth-order valence-electron chi connectivity index (χ4n) is 3.06. The zero-order chi connectivity index (χ0) is 17.0. The van der Waals surface area contributed by atoms with Crippen molar-refractivity contribution in [3.05, 3.63) is 6.33 Å². The number of halogens is 1. The van der Waals surface area contributed by atoms with Crippen LogP contribution >= 0.6 is 0 Å². The van der Waals surface area contributed by atoms with Crippen LogP contribution in [0.1, 0.15) is 19.1 Å². The van der Waals surface area contributed by atoms with E-state index in [1.54, 1.807) is 0 Å². The van der Waals surface area contributed by atoms with Crippen molar-refractivity contribution >= 4 is 22.9 Å². The van der Waals surface area contributed by atoms with E-state index >= 15 is 0 Å². The topological polar surface area (TPSA) is 123 Å². The molecule has 0 amide bonds. The molecule has 3 heterocycles. The molecule has 4 N–H and O–H groups in total. The molecule has 4 rings (SSSR count). The maximum Gasteiger partial charge on any atom is 0.224 e. The van der Waals surface area contributed by atoms with Crippen molar-refractivity contribution in [2.45, 2.75) is 43.5 Å². The van der Waals surface area contributed by atoms with Crippen molar-refractivity contribution in [3.8, 4) is 0 Å². The summed E-state index contributed by atoms with van der Waals surface area (Å²) in [4.78, 5) is 14.7. The molecule has 2 fully saturated rings. The number of anilines is 2. The van der Waals surface area contributed by atoms with Gasteiger partial charge in [-0.15, -0.1) is 0 Å². The third-order valence-electron chi connectivity index (χ3n) is 4.60. The minimum absolute atomic E-state index is 0.0550. The number of imidazole rings is 1. The second-order valence-electron chi connectivity index (χ2n) is 6.25. The summed E-state index contributed by atoms with van der Waals surface area (Å²) in [6, 6.07) is 0.393. The lowest BCUT2D eigenvalue weighted by Gasteiger charge is -2.19. The predicted molar refractivity (Wildman–Crippen MR) is 83.1 cm³/mol. The molecular weight excluding hydrogens is 319 g/mol. The number of hydrogen-bond acceptors (Lipinski definition) is 8. The fraction of sp³-hybridized carbons (Fsp3) is 0.643. The van der Waals surface area contributed by atoms with Crippen LogP contribution < -0.4 is 10.6 Å². The second kappa shape index (κ2) is 5.50. The molecule has 0 aromatic carbocycles. The van der Waals surface area contributed by atoms with Crippen LogP contribution in [0.2, 0.25) is 0 Å². The molecule has 130 valence electrons. The maximum absolute atomic E-state index is 14.4. The van der Waals surface area contributed by atoms with Crippen molar-refractivity contribution in [3.63, 3.8) is 0 Å². The van der Waals surface area contributed by atoms with Gasteiger partial charge in [0.05, 0.1) is 12.9 Å². The molecule has 0 bridgehead atoms. The minimum Gasteiger partial charge on any atom is -0.394 e. The van der Waals surface area contributed by atoms with Crippen molar-refractivity contribution in [1.29, 1.82) is 0 Å². The van der Waals surface area contributed by atoms with Crippen LogP contribution in [0.4, 0.5) is 16.2 Å². The van der Waals surface area contributed by atoms with E-state index in [0.29, 0.717) is 23.0 Å². The van der Waals surface area contributed by atoms with Crippen LogP contribution in [0.25, 0.3) is 11.2 Å². The molecule has 4 atom stereocenters. The van der Waals surface area contributed by atoms with E-state index in [1.807, 2.05) is 11.9 Å². The van der Waals surface area contributed by atoms with Crippen molar-refractivity contribution < 1.29 is 19.3 Å². The summed E-state index contributed by atoms with van der Waals surface area (Å²) in [5, 5.41) is 19.0. The number of aliphatic hydroxyl groups is 2. The van der Waals surface area contributed by atoms with Crippen molar-refractivity contribution in [1.82, 2.24) is 19.5 Å². The number of hydrogen-bond donors (Lipinski definition) is 3. The number of aromatic nitrogens is 4. The number of nitrogen functional groups attached to an aromatic ring is 1. The molecule has 10 heteroatoms. The van der Waals surface area contributed by atoms with Gasteiger partial charge in [-0.05, 0) is 12.8 Å². The first-order chi connectivity index (χ1) is 11.5. The molecule has 2 aliphatic rings. The zero-order valence-corrected chi connectivity index (χ0v) is 13.1. The number of rotatable bonds is 4. The summed E-state index contributed by atoms with van der Waals surface area (Å²) in [6.07, 6.45) is -1.69. The van der Waals surface area contributed by atoms with Crippen LogP contribution in [0.5, 0.6) is 0 Å². The van der Waals surface area contributed by atoms with Gasteiger partial charge in [0.15, 0.2) is 29.4 Å². The summed E-state index contributed by atoms with van der Waals surface area (Å²) in [6.45, 7) is -0.475. The van der Waals surface area contributed by atoms with Crippen LogP contribution in [-0.2, 0) is 4.74 Å². The lowest BCUT2D eigenvalue weighted by Crippen LogP contribution is -2.30. The first-order valence-corrected chi connectivity index (χ1v) is 7.82. The maximum atomic E-state index is 14.4. The highest BCUT2D eigenvalue weighted by Crippen LogP contribution is 2.36. The van der Waals surface area contributed by atoms with E-state index in [9.17, 15) is 14.6 Å². The van der Waals surface area contributed by atoms with Gasteiger partial charge in [0, 0.05) is 13.1 Å². The molecule has 2 aromatic rings. The minimum atomic E-state index is -1.71. The van der Waals surface area contributed by atoms with E-state index in [0.717, 1.165) is 12.8 Å². The van der Waals surface area contributed by atoms with Crippen LogP contribution in [0.3, 0.4) is 0 Å². The highest BCUT2D eigenvalue weighted by molar-refractivity contribution is 5.85. The Morgan fingerprint density at radius 3 is 2.83 bits per heavy atom. The molecule has 1 aliphatic carbocycles.